The maximum atomic E-state index is 12.5. The molecule has 0 heterocycles. The zero-order valence-electron chi connectivity index (χ0n) is 17.7. The van der Waals surface area contributed by atoms with Crippen LogP contribution in [0.4, 0.5) is 0 Å². The summed E-state index contributed by atoms with van der Waals surface area (Å²) in [7, 11) is 3.23. The average molecular weight is 386 g/mol. The van der Waals surface area contributed by atoms with E-state index in [0.717, 1.165) is 16.9 Å². The molecule has 5 heteroatoms. The fourth-order valence-electron chi connectivity index (χ4n) is 3.00. The van der Waals surface area contributed by atoms with Crippen LogP contribution in [-0.4, -0.2) is 32.8 Å². The molecule has 0 aliphatic rings. The van der Waals surface area contributed by atoms with Crippen molar-refractivity contribution in [2.45, 2.75) is 45.8 Å². The van der Waals surface area contributed by atoms with E-state index in [4.69, 9.17) is 14.2 Å². The summed E-state index contributed by atoms with van der Waals surface area (Å²) in [5, 5.41) is 2.92. The normalized spacial score (nSPS) is 12.4. The van der Waals surface area contributed by atoms with Gasteiger partial charge in [0, 0.05) is 24.3 Å². The Bertz CT molecular complexity index is 795. The highest BCUT2D eigenvalue weighted by atomic mass is 16.5. The first-order chi connectivity index (χ1) is 13.3. The zero-order chi connectivity index (χ0) is 20.7. The van der Waals surface area contributed by atoms with Gasteiger partial charge in [0.2, 0.25) is 0 Å². The number of methoxy groups -OCH3 is 2. The van der Waals surface area contributed by atoms with E-state index in [0.29, 0.717) is 24.5 Å². The Labute approximate surface area is 168 Å². The number of carbonyl (C=O) groups excluding carboxylic acids is 1. The zero-order valence-corrected chi connectivity index (χ0v) is 17.7. The fraction of sp³-hybridized carbons (Fsp3) is 0.435. The maximum absolute atomic E-state index is 12.5. The highest BCUT2D eigenvalue weighted by Gasteiger charge is 2.19. The van der Waals surface area contributed by atoms with E-state index in [9.17, 15) is 4.79 Å². The highest BCUT2D eigenvalue weighted by Crippen LogP contribution is 2.32. The van der Waals surface area contributed by atoms with E-state index in [1.165, 1.54) is 0 Å². The summed E-state index contributed by atoms with van der Waals surface area (Å²) in [6.07, 6.45) is 0. The van der Waals surface area contributed by atoms with E-state index in [2.05, 4.69) is 32.2 Å². The van der Waals surface area contributed by atoms with Crippen molar-refractivity contribution >= 4 is 5.91 Å². The largest absolute Gasteiger partial charge is 0.496 e. The second-order valence-electron chi connectivity index (χ2n) is 7.89. The molecular formula is C23H31NO4. The number of hydrogen-bond donors (Lipinski definition) is 1. The van der Waals surface area contributed by atoms with Crippen molar-refractivity contribution < 1.29 is 19.0 Å². The van der Waals surface area contributed by atoms with Crippen LogP contribution < -0.4 is 14.8 Å². The minimum Gasteiger partial charge on any atom is -0.496 e. The van der Waals surface area contributed by atoms with Crippen LogP contribution in [0.1, 0.15) is 49.2 Å². The van der Waals surface area contributed by atoms with Gasteiger partial charge in [-0.2, -0.15) is 0 Å². The lowest BCUT2D eigenvalue weighted by atomic mass is 9.86. The van der Waals surface area contributed by atoms with Gasteiger partial charge in [-0.05, 0) is 42.2 Å². The number of amides is 1. The van der Waals surface area contributed by atoms with E-state index in [1.807, 2.05) is 31.2 Å². The molecule has 152 valence electrons. The lowest BCUT2D eigenvalue weighted by molar-refractivity contribution is 0.0905. The summed E-state index contributed by atoms with van der Waals surface area (Å²) < 4.78 is 16.6. The fourth-order valence-corrected chi connectivity index (χ4v) is 3.00. The number of nitrogens with one attached hydrogen (secondary N) is 1. The van der Waals surface area contributed by atoms with Crippen LogP contribution in [0, 0.1) is 0 Å². The van der Waals surface area contributed by atoms with Gasteiger partial charge in [0.15, 0.2) is 0 Å². The molecule has 0 aliphatic carbocycles. The lowest BCUT2D eigenvalue weighted by Gasteiger charge is -2.23. The van der Waals surface area contributed by atoms with Crippen molar-refractivity contribution in [3.8, 4) is 11.5 Å². The first-order valence-electron chi connectivity index (χ1n) is 9.45. The Hall–Kier alpha value is -2.53. The smallest absolute Gasteiger partial charge is 0.251 e. The summed E-state index contributed by atoms with van der Waals surface area (Å²) >= 11 is 0. The summed E-state index contributed by atoms with van der Waals surface area (Å²) in [5.74, 6) is 1.37. The van der Waals surface area contributed by atoms with E-state index in [-0.39, 0.29) is 17.4 Å². The van der Waals surface area contributed by atoms with Gasteiger partial charge in [0.05, 0.1) is 13.7 Å². The first kappa shape index (κ1) is 21.8. The van der Waals surface area contributed by atoms with E-state index < -0.39 is 0 Å². The number of benzene rings is 2. The third-order valence-electron chi connectivity index (χ3n) is 4.41. The molecule has 0 radical (unpaired) electrons. The molecule has 2 aromatic rings. The van der Waals surface area contributed by atoms with Crippen LogP contribution >= 0.6 is 0 Å². The van der Waals surface area contributed by atoms with Crippen LogP contribution in [0.25, 0.3) is 0 Å². The minimum atomic E-state index is -0.149. The predicted octanol–water partition coefficient (Wildman–Crippen LogP) is 4.34. The molecule has 28 heavy (non-hydrogen) atoms. The number of carbonyl (C=O) groups is 1. The monoisotopic (exact) mass is 385 g/mol. The van der Waals surface area contributed by atoms with Gasteiger partial charge in [0.25, 0.3) is 5.91 Å². The molecule has 0 saturated heterocycles. The average Bonchev–Trinajstić information content (AvgIpc) is 2.65. The van der Waals surface area contributed by atoms with Crippen LogP contribution in [-0.2, 0) is 16.8 Å². The summed E-state index contributed by atoms with van der Waals surface area (Å²) in [6, 6.07) is 13.3. The molecule has 0 bridgehead atoms. The second-order valence-corrected chi connectivity index (χ2v) is 7.89. The third kappa shape index (κ3) is 5.73. The summed E-state index contributed by atoms with van der Waals surface area (Å²) in [6.45, 7) is 9.14. The maximum Gasteiger partial charge on any atom is 0.251 e. The lowest BCUT2D eigenvalue weighted by Crippen LogP contribution is -2.35. The number of rotatable bonds is 8. The van der Waals surface area contributed by atoms with Crippen molar-refractivity contribution in [3.05, 3.63) is 59.2 Å². The first-order valence-corrected chi connectivity index (χ1v) is 9.45. The molecule has 1 atom stereocenters. The van der Waals surface area contributed by atoms with Crippen molar-refractivity contribution in [1.82, 2.24) is 5.32 Å². The van der Waals surface area contributed by atoms with Gasteiger partial charge in [-0.1, -0.05) is 39.0 Å². The standard InChI is InChI=1S/C23H31NO4/c1-16(14-26-5)24-22(25)17-11-12-20(27-6)18(13-17)15-28-21-10-8-7-9-19(21)23(2,3)4/h7-13,16H,14-15H2,1-6H3,(H,24,25)/t16-/m0/s1. The number of para-hydroxylation sites is 1. The Kier molecular flexibility index (Phi) is 7.46. The van der Waals surface area contributed by atoms with Gasteiger partial charge in [-0.3, -0.25) is 4.79 Å². The summed E-state index contributed by atoms with van der Waals surface area (Å²) in [5.41, 5.74) is 2.49. The van der Waals surface area contributed by atoms with Crippen molar-refractivity contribution in [2.24, 2.45) is 0 Å². The van der Waals surface area contributed by atoms with Crippen LogP contribution in [0.2, 0.25) is 0 Å². The molecule has 1 N–H and O–H groups in total. The topological polar surface area (TPSA) is 56.8 Å². The number of hydrogen-bond acceptors (Lipinski definition) is 4. The van der Waals surface area contributed by atoms with Crippen LogP contribution in [0.15, 0.2) is 42.5 Å². The molecule has 0 unspecified atom stereocenters. The Morgan fingerprint density at radius 2 is 1.79 bits per heavy atom. The van der Waals surface area contributed by atoms with Crippen molar-refractivity contribution in [3.63, 3.8) is 0 Å². The van der Waals surface area contributed by atoms with Gasteiger partial charge in [0.1, 0.15) is 18.1 Å². The SMILES string of the molecule is COC[C@H](C)NC(=O)c1ccc(OC)c(COc2ccccc2C(C)(C)C)c1. The van der Waals surface area contributed by atoms with Gasteiger partial charge < -0.3 is 19.5 Å². The van der Waals surface area contributed by atoms with Crippen LogP contribution in [0.3, 0.4) is 0 Å². The highest BCUT2D eigenvalue weighted by molar-refractivity contribution is 5.94. The van der Waals surface area contributed by atoms with Gasteiger partial charge in [-0.25, -0.2) is 0 Å². The molecule has 5 nitrogen and oxygen atoms in total. The quantitative estimate of drug-likeness (QED) is 0.735. The minimum absolute atomic E-state index is 0.0279. The molecule has 0 saturated carbocycles. The molecular weight excluding hydrogens is 354 g/mol. The van der Waals surface area contributed by atoms with Crippen LogP contribution in [0.5, 0.6) is 11.5 Å². The van der Waals surface area contributed by atoms with Gasteiger partial charge in [-0.15, -0.1) is 0 Å². The molecule has 0 aromatic heterocycles. The molecule has 0 spiro atoms. The third-order valence-corrected chi connectivity index (χ3v) is 4.41. The Morgan fingerprint density at radius 1 is 1.07 bits per heavy atom. The molecule has 2 rings (SSSR count). The van der Waals surface area contributed by atoms with E-state index >= 15 is 0 Å². The van der Waals surface area contributed by atoms with Crippen molar-refractivity contribution in [1.29, 1.82) is 0 Å². The predicted molar refractivity (Wildman–Crippen MR) is 111 cm³/mol. The molecule has 1 amide bonds. The van der Waals surface area contributed by atoms with Gasteiger partial charge >= 0.3 is 0 Å². The Balaban J connectivity index is 2.20. The van der Waals surface area contributed by atoms with Crippen molar-refractivity contribution in [2.75, 3.05) is 20.8 Å². The molecule has 0 aliphatic heterocycles. The van der Waals surface area contributed by atoms with E-state index in [1.54, 1.807) is 26.4 Å². The summed E-state index contributed by atoms with van der Waals surface area (Å²) in [4.78, 5) is 12.5. The Morgan fingerprint density at radius 3 is 2.43 bits per heavy atom. The number of ether oxygens (including phenoxy) is 3. The molecule has 2 aromatic carbocycles. The molecule has 0 fully saturated rings. The second kappa shape index (κ2) is 9.60.